The van der Waals surface area contributed by atoms with Crippen LogP contribution in [0.1, 0.15) is 40.3 Å². The van der Waals surface area contributed by atoms with E-state index >= 15 is 0 Å². The second kappa shape index (κ2) is 6.96. The number of carbonyl (C=O) groups is 1. The van der Waals surface area contributed by atoms with Gasteiger partial charge in [-0.3, -0.25) is 9.78 Å². The van der Waals surface area contributed by atoms with E-state index in [0.29, 0.717) is 19.1 Å². The van der Waals surface area contributed by atoms with E-state index in [0.717, 1.165) is 35.6 Å². The Bertz CT molecular complexity index is 672. The Kier molecular flexibility index (Phi) is 4.76. The Labute approximate surface area is 137 Å². The van der Waals surface area contributed by atoms with Crippen molar-refractivity contribution in [2.24, 2.45) is 0 Å². The Balaban J connectivity index is 1.70. The summed E-state index contributed by atoms with van der Waals surface area (Å²) in [5, 5.41) is 6.45. The Morgan fingerprint density at radius 3 is 3.00 bits per heavy atom. The van der Waals surface area contributed by atoms with Gasteiger partial charge < -0.3 is 15.2 Å². The highest BCUT2D eigenvalue weighted by molar-refractivity contribution is 5.95. The first kappa shape index (κ1) is 15.7. The minimum atomic E-state index is 0.0130. The molecule has 1 aliphatic heterocycles. The lowest BCUT2D eigenvalue weighted by Crippen LogP contribution is -2.37. The molecule has 23 heavy (non-hydrogen) atoms. The van der Waals surface area contributed by atoms with Crippen molar-refractivity contribution in [1.82, 2.24) is 20.2 Å². The number of rotatable bonds is 5. The minimum absolute atomic E-state index is 0.0130. The molecule has 0 spiro atoms. The fourth-order valence-electron chi connectivity index (χ4n) is 3.17. The van der Waals surface area contributed by atoms with Gasteiger partial charge in [0.25, 0.3) is 5.91 Å². The van der Waals surface area contributed by atoms with Gasteiger partial charge in [-0.15, -0.1) is 0 Å². The zero-order chi connectivity index (χ0) is 16.2. The average molecular weight is 312 g/mol. The Morgan fingerprint density at radius 2 is 2.30 bits per heavy atom. The van der Waals surface area contributed by atoms with E-state index in [1.807, 2.05) is 38.1 Å². The number of aryl methyl sites for hydroxylation is 1. The summed E-state index contributed by atoms with van der Waals surface area (Å²) in [4.78, 5) is 16.8. The molecular weight excluding hydrogens is 288 g/mol. The fourth-order valence-corrected chi connectivity index (χ4v) is 3.17. The quantitative estimate of drug-likeness (QED) is 0.888. The number of nitrogens with zero attached hydrogens (tertiary/aromatic N) is 2. The van der Waals surface area contributed by atoms with Crippen molar-refractivity contribution >= 4 is 5.91 Å². The Morgan fingerprint density at radius 1 is 1.43 bits per heavy atom. The van der Waals surface area contributed by atoms with Gasteiger partial charge in [-0.2, -0.15) is 0 Å². The highest BCUT2D eigenvalue weighted by Crippen LogP contribution is 2.16. The first-order valence-electron chi connectivity index (χ1n) is 8.23. The first-order chi connectivity index (χ1) is 11.1. The number of hydrogen-bond donors (Lipinski definition) is 2. The van der Waals surface area contributed by atoms with E-state index in [-0.39, 0.29) is 5.91 Å². The monoisotopic (exact) mass is 312 g/mol. The topological polar surface area (TPSA) is 59.0 Å². The molecule has 5 heteroatoms. The van der Waals surface area contributed by atoms with Gasteiger partial charge in [0.15, 0.2) is 0 Å². The zero-order valence-electron chi connectivity index (χ0n) is 13.8. The largest absolute Gasteiger partial charge is 0.350 e. The molecule has 5 nitrogen and oxygen atoms in total. The van der Waals surface area contributed by atoms with Crippen LogP contribution in [-0.2, 0) is 6.54 Å². The summed E-state index contributed by atoms with van der Waals surface area (Å²) in [6, 6.07) is 8.28. The summed E-state index contributed by atoms with van der Waals surface area (Å²) < 4.78 is 2.14. The van der Waals surface area contributed by atoms with Crippen LogP contribution in [0.2, 0.25) is 0 Å². The molecule has 0 saturated carbocycles. The third kappa shape index (κ3) is 3.62. The molecule has 1 atom stereocenters. The highest BCUT2D eigenvalue weighted by Gasteiger charge is 2.19. The molecular formula is C18H24N4O. The van der Waals surface area contributed by atoms with Gasteiger partial charge in [0, 0.05) is 30.2 Å². The van der Waals surface area contributed by atoms with Crippen LogP contribution in [-0.4, -0.2) is 34.6 Å². The molecule has 2 aromatic rings. The van der Waals surface area contributed by atoms with Crippen LogP contribution in [0.25, 0.3) is 0 Å². The number of hydrogen-bond acceptors (Lipinski definition) is 3. The zero-order valence-corrected chi connectivity index (χ0v) is 13.8. The van der Waals surface area contributed by atoms with Crippen LogP contribution in [0, 0.1) is 13.8 Å². The van der Waals surface area contributed by atoms with Gasteiger partial charge in [0.05, 0.1) is 17.8 Å². The maximum absolute atomic E-state index is 12.5. The van der Waals surface area contributed by atoms with Crippen molar-refractivity contribution in [3.63, 3.8) is 0 Å². The van der Waals surface area contributed by atoms with Crippen molar-refractivity contribution in [3.05, 3.63) is 53.1 Å². The molecule has 2 aromatic heterocycles. The number of aromatic nitrogens is 2. The lowest BCUT2D eigenvalue weighted by Gasteiger charge is -2.12. The van der Waals surface area contributed by atoms with Crippen LogP contribution in [0.15, 0.2) is 30.5 Å². The van der Waals surface area contributed by atoms with E-state index in [2.05, 4.69) is 20.2 Å². The lowest BCUT2D eigenvalue weighted by atomic mass is 10.2. The smallest absolute Gasteiger partial charge is 0.253 e. The second-order valence-corrected chi connectivity index (χ2v) is 6.20. The van der Waals surface area contributed by atoms with Crippen LogP contribution in [0.5, 0.6) is 0 Å². The summed E-state index contributed by atoms with van der Waals surface area (Å²) in [5.74, 6) is 0.0130. The summed E-state index contributed by atoms with van der Waals surface area (Å²) in [6.45, 7) is 6.47. The molecule has 1 saturated heterocycles. The van der Waals surface area contributed by atoms with E-state index < -0.39 is 0 Å². The number of pyridine rings is 1. The molecule has 0 aliphatic carbocycles. The molecule has 0 bridgehead atoms. The third-order valence-electron chi connectivity index (χ3n) is 4.54. The number of carbonyl (C=O) groups excluding carboxylic acids is 1. The van der Waals surface area contributed by atoms with E-state index in [1.54, 1.807) is 6.20 Å². The molecule has 2 N–H and O–H groups in total. The predicted octanol–water partition coefficient (Wildman–Crippen LogP) is 2.03. The molecule has 3 rings (SSSR count). The molecule has 1 fully saturated rings. The van der Waals surface area contributed by atoms with Crippen LogP contribution >= 0.6 is 0 Å². The van der Waals surface area contributed by atoms with Crippen molar-refractivity contribution in [3.8, 4) is 0 Å². The molecule has 1 aliphatic rings. The van der Waals surface area contributed by atoms with Crippen molar-refractivity contribution in [2.45, 2.75) is 39.3 Å². The first-order valence-corrected chi connectivity index (χ1v) is 8.23. The van der Waals surface area contributed by atoms with Crippen molar-refractivity contribution in [2.75, 3.05) is 13.1 Å². The molecule has 0 aromatic carbocycles. The lowest BCUT2D eigenvalue weighted by molar-refractivity contribution is 0.0949. The van der Waals surface area contributed by atoms with Gasteiger partial charge in [-0.25, -0.2) is 0 Å². The van der Waals surface area contributed by atoms with Gasteiger partial charge in [0.2, 0.25) is 0 Å². The molecule has 1 amide bonds. The maximum atomic E-state index is 12.5. The highest BCUT2D eigenvalue weighted by atomic mass is 16.1. The van der Waals surface area contributed by atoms with Crippen molar-refractivity contribution in [1.29, 1.82) is 0 Å². The molecule has 1 unspecified atom stereocenters. The van der Waals surface area contributed by atoms with Crippen molar-refractivity contribution < 1.29 is 4.79 Å². The SMILES string of the molecule is Cc1cc(C(=O)NCC2CCCN2)c(C)n1Cc1ccccn1. The van der Waals surface area contributed by atoms with Crippen LogP contribution < -0.4 is 10.6 Å². The van der Waals surface area contributed by atoms with Gasteiger partial charge in [-0.1, -0.05) is 6.07 Å². The minimum Gasteiger partial charge on any atom is -0.350 e. The number of nitrogens with one attached hydrogen (secondary N) is 2. The molecule has 122 valence electrons. The standard InChI is InChI=1S/C18H24N4O/c1-13-10-17(18(23)21-11-15-7-5-9-19-15)14(2)22(13)12-16-6-3-4-8-20-16/h3-4,6,8,10,15,19H,5,7,9,11-12H2,1-2H3,(H,21,23). The summed E-state index contributed by atoms with van der Waals surface area (Å²) in [6.07, 6.45) is 4.13. The van der Waals surface area contributed by atoms with Gasteiger partial charge in [-0.05, 0) is 51.4 Å². The van der Waals surface area contributed by atoms with Crippen LogP contribution in [0.4, 0.5) is 0 Å². The third-order valence-corrected chi connectivity index (χ3v) is 4.54. The fraction of sp³-hybridized carbons (Fsp3) is 0.444. The van der Waals surface area contributed by atoms with E-state index in [9.17, 15) is 4.79 Å². The summed E-state index contributed by atoms with van der Waals surface area (Å²) >= 11 is 0. The molecule has 0 radical (unpaired) electrons. The normalized spacial score (nSPS) is 17.4. The van der Waals surface area contributed by atoms with Crippen LogP contribution in [0.3, 0.4) is 0 Å². The van der Waals surface area contributed by atoms with Gasteiger partial charge >= 0.3 is 0 Å². The Hall–Kier alpha value is -2.14. The maximum Gasteiger partial charge on any atom is 0.253 e. The van der Waals surface area contributed by atoms with E-state index in [4.69, 9.17) is 0 Å². The van der Waals surface area contributed by atoms with E-state index in [1.165, 1.54) is 6.42 Å². The second-order valence-electron chi connectivity index (χ2n) is 6.20. The number of amides is 1. The average Bonchev–Trinajstić information content (AvgIpc) is 3.17. The molecule has 3 heterocycles. The summed E-state index contributed by atoms with van der Waals surface area (Å²) in [5.41, 5.74) is 3.83. The summed E-state index contributed by atoms with van der Waals surface area (Å²) in [7, 11) is 0. The van der Waals surface area contributed by atoms with Gasteiger partial charge in [0.1, 0.15) is 0 Å². The predicted molar refractivity (Wildman–Crippen MR) is 90.6 cm³/mol.